The van der Waals surface area contributed by atoms with Crippen LogP contribution in [0, 0.1) is 6.92 Å². The number of fused-ring (bicyclic) bond motifs is 6. The quantitative estimate of drug-likeness (QED) is 0.147. The first-order chi connectivity index (χ1) is 31.5. The Morgan fingerprint density at radius 2 is 1.17 bits per heavy atom. The molecule has 0 saturated heterocycles. The highest BCUT2D eigenvalue weighted by molar-refractivity contribution is 6.12. The van der Waals surface area contributed by atoms with Crippen molar-refractivity contribution >= 4 is 44.6 Å². The first-order valence-electron chi connectivity index (χ1n) is 21.7. The van der Waals surface area contributed by atoms with Crippen LogP contribution in [-0.2, 0) is 12.8 Å². The van der Waals surface area contributed by atoms with E-state index in [0.717, 1.165) is 63.5 Å². The zero-order valence-corrected chi connectivity index (χ0v) is 35.5. The summed E-state index contributed by atoms with van der Waals surface area (Å²) < 4.78 is 2.40. The van der Waals surface area contributed by atoms with Crippen LogP contribution < -0.4 is 10.6 Å². The third-order valence-corrected chi connectivity index (χ3v) is 12.6. The molecule has 6 heteroatoms. The SMILES string of the molecule is C=C/C=C(\N)c1ccc(-c2ccc(N(c3ccncc3)c3cc4c(cc3C)CCc3cc5c6cc(-c7ccc(-c8ccccn8)cc7)ccc6n(-c6ccncc6)c5cc3-4)cc2)cc1. The van der Waals surface area contributed by atoms with E-state index in [-0.39, 0.29) is 0 Å². The van der Waals surface area contributed by atoms with E-state index in [4.69, 9.17) is 5.73 Å². The Morgan fingerprint density at radius 1 is 0.578 bits per heavy atom. The van der Waals surface area contributed by atoms with Crippen molar-refractivity contribution < 1.29 is 0 Å². The van der Waals surface area contributed by atoms with Crippen molar-refractivity contribution in [3.05, 3.63) is 230 Å². The van der Waals surface area contributed by atoms with Gasteiger partial charge in [-0.3, -0.25) is 15.0 Å². The summed E-state index contributed by atoms with van der Waals surface area (Å²) in [7, 11) is 0. The van der Waals surface area contributed by atoms with E-state index in [1.807, 2.05) is 49.2 Å². The molecule has 0 atom stereocenters. The number of benzene rings is 6. The van der Waals surface area contributed by atoms with Crippen molar-refractivity contribution in [2.75, 3.05) is 4.90 Å². The van der Waals surface area contributed by atoms with E-state index >= 15 is 0 Å². The van der Waals surface area contributed by atoms with E-state index in [9.17, 15) is 0 Å². The molecule has 6 nitrogen and oxygen atoms in total. The Labute approximate surface area is 373 Å². The maximum atomic E-state index is 6.23. The molecule has 0 unspecified atom stereocenters. The van der Waals surface area contributed by atoms with Gasteiger partial charge in [0.25, 0.3) is 0 Å². The Balaban J connectivity index is 1.02. The molecule has 1 aliphatic carbocycles. The average molecular weight is 825 g/mol. The molecule has 11 rings (SSSR count). The Hall–Kier alpha value is -8.35. The number of anilines is 3. The maximum Gasteiger partial charge on any atom is 0.0701 e. The Morgan fingerprint density at radius 3 is 1.88 bits per heavy atom. The molecule has 4 aromatic heterocycles. The van der Waals surface area contributed by atoms with Gasteiger partial charge in [-0.2, -0.15) is 0 Å². The molecule has 10 aromatic rings. The normalized spacial score (nSPS) is 12.2. The first-order valence-corrected chi connectivity index (χ1v) is 21.7. The molecular weight excluding hydrogens is 781 g/mol. The number of nitrogens with zero attached hydrogens (tertiary/aromatic N) is 5. The molecule has 0 amide bonds. The number of nitrogens with two attached hydrogens (primary N) is 1. The van der Waals surface area contributed by atoms with Crippen LogP contribution in [0.25, 0.3) is 77.8 Å². The van der Waals surface area contributed by atoms with E-state index in [2.05, 4.69) is 184 Å². The Bertz CT molecular complexity index is 3370. The highest BCUT2D eigenvalue weighted by Gasteiger charge is 2.24. The lowest BCUT2D eigenvalue weighted by molar-refractivity contribution is 0.941. The molecular formula is C58H44N6. The summed E-state index contributed by atoms with van der Waals surface area (Å²) in [6.07, 6.45) is 14.8. The third kappa shape index (κ3) is 6.92. The predicted molar refractivity (Wildman–Crippen MR) is 265 cm³/mol. The molecule has 6 aromatic carbocycles. The molecule has 0 radical (unpaired) electrons. The van der Waals surface area contributed by atoms with Crippen LogP contribution in [0.5, 0.6) is 0 Å². The average Bonchev–Trinajstić information content (AvgIpc) is 3.67. The van der Waals surface area contributed by atoms with Crippen molar-refractivity contribution in [2.45, 2.75) is 19.8 Å². The molecule has 2 N–H and O–H groups in total. The number of hydrogen-bond donors (Lipinski definition) is 1. The second-order valence-corrected chi connectivity index (χ2v) is 16.4. The lowest BCUT2D eigenvalue weighted by Crippen LogP contribution is -2.13. The van der Waals surface area contributed by atoms with Crippen LogP contribution in [0.1, 0.15) is 22.3 Å². The second kappa shape index (κ2) is 16.2. The summed E-state index contributed by atoms with van der Waals surface area (Å²) in [6.45, 7) is 6.01. The number of aromatic nitrogens is 4. The minimum atomic E-state index is 0.697. The maximum absolute atomic E-state index is 6.23. The molecule has 64 heavy (non-hydrogen) atoms. The van der Waals surface area contributed by atoms with Crippen LogP contribution in [0.2, 0.25) is 0 Å². The summed E-state index contributed by atoms with van der Waals surface area (Å²) >= 11 is 0. The van der Waals surface area contributed by atoms with Gasteiger partial charge in [-0.25, -0.2) is 0 Å². The van der Waals surface area contributed by atoms with Gasteiger partial charge >= 0.3 is 0 Å². The van der Waals surface area contributed by atoms with Crippen LogP contribution in [0.15, 0.2) is 207 Å². The molecule has 0 fully saturated rings. The van der Waals surface area contributed by atoms with Gasteiger partial charge < -0.3 is 15.2 Å². The summed E-state index contributed by atoms with van der Waals surface area (Å²) in [6, 6.07) is 56.9. The van der Waals surface area contributed by atoms with Crippen molar-refractivity contribution in [3.63, 3.8) is 0 Å². The highest BCUT2D eigenvalue weighted by atomic mass is 15.1. The van der Waals surface area contributed by atoms with Crippen molar-refractivity contribution in [3.8, 4) is 50.3 Å². The van der Waals surface area contributed by atoms with Crippen molar-refractivity contribution in [1.29, 1.82) is 0 Å². The molecule has 0 bridgehead atoms. The number of allylic oxidation sites excluding steroid dienone is 2. The molecule has 306 valence electrons. The smallest absolute Gasteiger partial charge is 0.0701 e. The van der Waals surface area contributed by atoms with Gasteiger partial charge in [0.05, 0.1) is 16.7 Å². The van der Waals surface area contributed by atoms with Gasteiger partial charge in [-0.1, -0.05) is 91.5 Å². The lowest BCUT2D eigenvalue weighted by Gasteiger charge is -2.30. The second-order valence-electron chi connectivity index (χ2n) is 16.4. The largest absolute Gasteiger partial charge is 0.398 e. The molecule has 0 spiro atoms. The van der Waals surface area contributed by atoms with Gasteiger partial charge in [0.1, 0.15) is 0 Å². The van der Waals surface area contributed by atoms with Crippen molar-refractivity contribution in [2.24, 2.45) is 5.73 Å². The fraction of sp³-hybridized carbons (Fsp3) is 0.0517. The molecule has 4 heterocycles. The molecule has 0 aliphatic heterocycles. The van der Waals surface area contributed by atoms with Gasteiger partial charge in [-0.15, -0.1) is 0 Å². The summed E-state index contributed by atoms with van der Waals surface area (Å²) in [5, 5.41) is 2.48. The predicted octanol–water partition coefficient (Wildman–Crippen LogP) is 14.0. The molecule has 1 aliphatic rings. The zero-order chi connectivity index (χ0) is 43.1. The summed E-state index contributed by atoms with van der Waals surface area (Å²) in [5.41, 5.74) is 27.7. The van der Waals surface area contributed by atoms with E-state index < -0.39 is 0 Å². The lowest BCUT2D eigenvalue weighted by atomic mass is 9.83. The topological polar surface area (TPSA) is 72.9 Å². The fourth-order valence-corrected chi connectivity index (χ4v) is 9.41. The number of hydrogen-bond acceptors (Lipinski definition) is 5. The summed E-state index contributed by atoms with van der Waals surface area (Å²) in [5.74, 6) is 0. The number of aryl methyl sites for hydroxylation is 3. The number of rotatable bonds is 9. The van der Waals surface area contributed by atoms with Gasteiger partial charge in [-0.05, 0) is 160 Å². The zero-order valence-electron chi connectivity index (χ0n) is 35.5. The first kappa shape index (κ1) is 38.6. The van der Waals surface area contributed by atoms with E-state index in [1.165, 1.54) is 60.8 Å². The van der Waals surface area contributed by atoms with Gasteiger partial charge in [0, 0.05) is 75.8 Å². The van der Waals surface area contributed by atoms with Crippen LogP contribution in [0.4, 0.5) is 17.1 Å². The summed E-state index contributed by atoms with van der Waals surface area (Å²) in [4.78, 5) is 15.7. The minimum Gasteiger partial charge on any atom is -0.398 e. The van der Waals surface area contributed by atoms with Crippen LogP contribution >= 0.6 is 0 Å². The Kier molecular flexibility index (Phi) is 9.74. The number of pyridine rings is 3. The fourth-order valence-electron chi connectivity index (χ4n) is 9.41. The minimum absolute atomic E-state index is 0.697. The highest BCUT2D eigenvalue weighted by Crippen LogP contribution is 2.46. The van der Waals surface area contributed by atoms with Gasteiger partial charge in [0.15, 0.2) is 0 Å². The third-order valence-electron chi connectivity index (χ3n) is 12.6. The van der Waals surface area contributed by atoms with E-state index in [0.29, 0.717) is 5.70 Å². The van der Waals surface area contributed by atoms with Crippen LogP contribution in [0.3, 0.4) is 0 Å². The van der Waals surface area contributed by atoms with Crippen LogP contribution in [-0.4, -0.2) is 19.5 Å². The standard InChI is InChI=1S/C58H44N6/c1-3-6-54(59)42-12-8-39(9-13-42)40-18-21-47(22-19-40)63(48-24-29-60-30-25-48)57-36-50-45(33-38(57)2)16-17-46-35-53-52-34-44(41-10-14-43(15-11-41)55-7-4-5-28-62-55)20-23-56(52)64(58(53)37-51(46)50)49-26-31-61-32-27-49/h3-15,18-37H,1,16-17,59H2,2H3/b54-6-. The van der Waals surface area contributed by atoms with E-state index in [1.54, 1.807) is 6.08 Å². The van der Waals surface area contributed by atoms with Crippen molar-refractivity contribution in [1.82, 2.24) is 19.5 Å². The monoisotopic (exact) mass is 824 g/mol. The van der Waals surface area contributed by atoms with Gasteiger partial charge in [0.2, 0.25) is 0 Å². The molecule has 0 saturated carbocycles.